The van der Waals surface area contributed by atoms with Gasteiger partial charge in [0.15, 0.2) is 11.5 Å². The van der Waals surface area contributed by atoms with E-state index in [0.717, 1.165) is 12.8 Å². The molecule has 1 rings (SSSR count). The topological polar surface area (TPSA) is 65.0 Å². The number of carbonyl (C=O) groups excluding carboxylic acids is 1. The highest BCUT2D eigenvalue weighted by Crippen LogP contribution is 2.37. The van der Waals surface area contributed by atoms with Gasteiger partial charge in [0, 0.05) is 0 Å². The van der Waals surface area contributed by atoms with Crippen molar-refractivity contribution in [1.82, 2.24) is 0 Å². The van der Waals surface area contributed by atoms with Gasteiger partial charge in [-0.05, 0) is 30.9 Å². The maximum absolute atomic E-state index is 12.1. The molecular weight excluding hydrogens is 332 g/mol. The van der Waals surface area contributed by atoms with Crippen molar-refractivity contribution < 1.29 is 24.1 Å². The summed E-state index contributed by atoms with van der Waals surface area (Å²) in [6, 6.07) is 2.85. The van der Waals surface area contributed by atoms with E-state index >= 15 is 0 Å². The Hall–Kier alpha value is -1.91. The van der Waals surface area contributed by atoms with Gasteiger partial charge in [0.05, 0.1) is 26.4 Å². The lowest BCUT2D eigenvalue weighted by atomic mass is 9.93. The normalized spacial score (nSPS) is 10.1. The number of methoxy groups -OCH3 is 2. The van der Waals surface area contributed by atoms with Crippen LogP contribution in [0.5, 0.6) is 17.2 Å². The number of ether oxygens (including phenoxy) is 3. The van der Waals surface area contributed by atoms with Crippen molar-refractivity contribution >= 4 is 5.97 Å². The lowest BCUT2D eigenvalue weighted by Gasteiger charge is -2.15. The van der Waals surface area contributed by atoms with E-state index in [1.54, 1.807) is 0 Å². The fourth-order valence-electron chi connectivity index (χ4n) is 2.93. The van der Waals surface area contributed by atoms with Gasteiger partial charge in [-0.1, -0.05) is 53.4 Å². The van der Waals surface area contributed by atoms with Gasteiger partial charge in [0.2, 0.25) is 5.75 Å². The Kier molecular flexibility index (Phi) is 13.2. The Morgan fingerprint density at radius 2 is 1.65 bits per heavy atom. The Bertz CT molecular complexity index is 507. The highest BCUT2D eigenvalue weighted by Gasteiger charge is 2.17. The first-order chi connectivity index (χ1) is 12.6. The molecule has 1 aromatic carbocycles. The molecule has 5 nitrogen and oxygen atoms in total. The predicted molar refractivity (Wildman–Crippen MR) is 105 cm³/mol. The third-order valence-corrected chi connectivity index (χ3v) is 4.08. The molecule has 0 aliphatic carbocycles. The summed E-state index contributed by atoms with van der Waals surface area (Å²) in [7, 11) is 2.88. The zero-order chi connectivity index (χ0) is 19.9. The minimum atomic E-state index is -0.464. The van der Waals surface area contributed by atoms with Crippen molar-refractivity contribution in [3.8, 4) is 17.2 Å². The molecule has 0 radical (unpaired) electrons. The lowest BCUT2D eigenvalue weighted by molar-refractivity contribution is 0.0491. The molecule has 0 aliphatic heterocycles. The number of aromatic hydroxyl groups is 1. The third-order valence-electron chi connectivity index (χ3n) is 4.08. The molecule has 0 aromatic heterocycles. The predicted octanol–water partition coefficient (Wildman–Crippen LogP) is 5.59. The molecule has 0 saturated heterocycles. The Morgan fingerprint density at radius 3 is 2.15 bits per heavy atom. The van der Waals surface area contributed by atoms with Gasteiger partial charge in [0.25, 0.3) is 0 Å². The Labute approximate surface area is 158 Å². The fourth-order valence-corrected chi connectivity index (χ4v) is 2.93. The molecule has 0 heterocycles. The van der Waals surface area contributed by atoms with Crippen LogP contribution >= 0.6 is 0 Å². The highest BCUT2D eigenvalue weighted by atomic mass is 16.5. The van der Waals surface area contributed by atoms with Gasteiger partial charge in [-0.2, -0.15) is 0 Å². The van der Waals surface area contributed by atoms with Crippen LogP contribution in [0.15, 0.2) is 12.1 Å². The molecule has 0 saturated carbocycles. The van der Waals surface area contributed by atoms with Crippen LogP contribution in [-0.4, -0.2) is 31.9 Å². The van der Waals surface area contributed by atoms with E-state index < -0.39 is 5.97 Å². The van der Waals surface area contributed by atoms with Crippen molar-refractivity contribution in [3.63, 3.8) is 0 Å². The van der Waals surface area contributed by atoms with Gasteiger partial charge < -0.3 is 19.3 Å². The smallest absolute Gasteiger partial charge is 0.338 e. The number of phenolic OH excluding ortho intramolecular Hbond substituents is 1. The summed E-state index contributed by atoms with van der Waals surface area (Å²) < 4.78 is 15.5. The molecule has 0 fully saturated rings. The first-order valence-electron chi connectivity index (χ1n) is 9.69. The van der Waals surface area contributed by atoms with E-state index in [-0.39, 0.29) is 17.1 Å². The number of carbonyl (C=O) groups is 1. The van der Waals surface area contributed by atoms with Crippen molar-refractivity contribution in [3.05, 3.63) is 17.7 Å². The molecule has 26 heavy (non-hydrogen) atoms. The van der Waals surface area contributed by atoms with Gasteiger partial charge in [-0.15, -0.1) is 0 Å². The van der Waals surface area contributed by atoms with Crippen LogP contribution in [0.3, 0.4) is 0 Å². The molecule has 0 amide bonds. The van der Waals surface area contributed by atoms with Crippen LogP contribution in [0.4, 0.5) is 0 Å². The molecule has 5 heteroatoms. The number of hydrogen-bond acceptors (Lipinski definition) is 5. The van der Waals surface area contributed by atoms with E-state index in [0.29, 0.717) is 18.3 Å². The molecule has 0 bridgehead atoms. The second-order valence-corrected chi connectivity index (χ2v) is 5.95. The maximum atomic E-state index is 12.1. The van der Waals surface area contributed by atoms with E-state index in [1.165, 1.54) is 52.0 Å². The summed E-state index contributed by atoms with van der Waals surface area (Å²) in [6.07, 6.45) is 6.77. The second kappa shape index (κ2) is 14.3. The average Bonchev–Trinajstić information content (AvgIpc) is 2.66. The van der Waals surface area contributed by atoms with Crippen LogP contribution in [0.2, 0.25) is 0 Å². The summed E-state index contributed by atoms with van der Waals surface area (Å²) in [6.45, 7) is 8.79. The van der Waals surface area contributed by atoms with Crippen molar-refractivity contribution in [1.29, 1.82) is 0 Å². The van der Waals surface area contributed by atoms with E-state index in [1.807, 2.05) is 13.8 Å². The maximum Gasteiger partial charge on any atom is 0.338 e. The Balaban J connectivity index is 0.00000301. The summed E-state index contributed by atoms with van der Waals surface area (Å²) in [5.41, 5.74) is 0.254. The molecule has 1 aromatic rings. The summed E-state index contributed by atoms with van der Waals surface area (Å²) >= 11 is 0. The van der Waals surface area contributed by atoms with Gasteiger partial charge in [-0.25, -0.2) is 4.79 Å². The number of phenols is 1. The SMILES string of the molecule is CC.CCCC(CCC)CCCOC(=O)c1cc(O)c(OC)c(OC)c1. The number of hydrogen-bond donors (Lipinski definition) is 1. The van der Waals surface area contributed by atoms with Crippen LogP contribution in [-0.2, 0) is 4.74 Å². The van der Waals surface area contributed by atoms with Gasteiger partial charge >= 0.3 is 5.97 Å². The van der Waals surface area contributed by atoms with Crippen molar-refractivity contribution in [2.75, 3.05) is 20.8 Å². The fraction of sp³-hybridized carbons (Fsp3) is 0.667. The summed E-state index contributed by atoms with van der Waals surface area (Å²) in [5.74, 6) is 0.610. The van der Waals surface area contributed by atoms with Crippen LogP contribution in [0.25, 0.3) is 0 Å². The van der Waals surface area contributed by atoms with E-state index in [4.69, 9.17) is 14.2 Å². The van der Waals surface area contributed by atoms with Gasteiger partial charge in [-0.3, -0.25) is 0 Å². The lowest BCUT2D eigenvalue weighted by Crippen LogP contribution is -2.09. The highest BCUT2D eigenvalue weighted by molar-refractivity contribution is 5.91. The number of benzene rings is 1. The second-order valence-electron chi connectivity index (χ2n) is 5.95. The quantitative estimate of drug-likeness (QED) is 0.407. The molecule has 150 valence electrons. The van der Waals surface area contributed by atoms with E-state index in [9.17, 15) is 9.90 Å². The summed E-state index contributed by atoms with van der Waals surface area (Å²) in [5, 5.41) is 9.90. The van der Waals surface area contributed by atoms with E-state index in [2.05, 4.69) is 13.8 Å². The number of rotatable bonds is 11. The standard InChI is InChI=1S/C19H30O5.C2H6/c1-5-8-14(9-6-2)10-7-11-24-19(21)15-12-16(20)18(23-4)17(13-15)22-3;1-2/h12-14,20H,5-11H2,1-4H3;1-2H3. The average molecular weight is 369 g/mol. The van der Waals surface area contributed by atoms with Crippen molar-refractivity contribution in [2.24, 2.45) is 5.92 Å². The molecule has 0 spiro atoms. The molecular formula is C21H36O5. The largest absolute Gasteiger partial charge is 0.504 e. The molecule has 0 atom stereocenters. The minimum Gasteiger partial charge on any atom is -0.504 e. The zero-order valence-corrected chi connectivity index (χ0v) is 17.3. The number of esters is 1. The van der Waals surface area contributed by atoms with Crippen LogP contribution < -0.4 is 9.47 Å². The third kappa shape index (κ3) is 7.98. The first-order valence-corrected chi connectivity index (χ1v) is 9.69. The van der Waals surface area contributed by atoms with Crippen molar-refractivity contribution in [2.45, 2.75) is 66.2 Å². The Morgan fingerprint density at radius 1 is 1.04 bits per heavy atom. The zero-order valence-electron chi connectivity index (χ0n) is 17.3. The minimum absolute atomic E-state index is 0.144. The van der Waals surface area contributed by atoms with Crippen LogP contribution in [0.1, 0.15) is 76.6 Å². The van der Waals surface area contributed by atoms with Crippen LogP contribution in [0, 0.1) is 5.92 Å². The summed E-state index contributed by atoms with van der Waals surface area (Å²) in [4.78, 5) is 12.1. The molecule has 1 N–H and O–H groups in total. The monoisotopic (exact) mass is 368 g/mol. The first kappa shape index (κ1) is 24.1. The molecule has 0 aliphatic rings. The van der Waals surface area contributed by atoms with Gasteiger partial charge in [0.1, 0.15) is 0 Å². The molecule has 0 unspecified atom stereocenters.